The van der Waals surface area contributed by atoms with Crippen molar-refractivity contribution in [1.29, 1.82) is 0 Å². The van der Waals surface area contributed by atoms with Gasteiger partial charge in [0.05, 0.1) is 7.11 Å². The molecule has 110 valence electrons. The van der Waals surface area contributed by atoms with Gasteiger partial charge in [-0.15, -0.1) is 0 Å². The first-order valence-corrected chi connectivity index (χ1v) is 7.22. The Labute approximate surface area is 125 Å². The lowest BCUT2D eigenvalue weighted by Crippen LogP contribution is -2.13. The standard InChI is InChI=1S/C17H20N2O2/c1-12-6-14-7-16(20-2)15(8-17(14)21-12)11-19-10-13-4-3-5-18-9-13/h3-5,7-9,12,19H,6,10-11H2,1-2H3/t12-/m0/s1. The number of fused-ring (bicyclic) bond motifs is 1. The highest BCUT2D eigenvalue weighted by Crippen LogP contribution is 2.34. The summed E-state index contributed by atoms with van der Waals surface area (Å²) >= 11 is 0. The second-order valence-corrected chi connectivity index (χ2v) is 5.37. The Kier molecular flexibility index (Phi) is 4.06. The molecule has 2 heterocycles. The van der Waals surface area contributed by atoms with Crippen LogP contribution in [-0.2, 0) is 19.5 Å². The van der Waals surface area contributed by atoms with Crippen LogP contribution < -0.4 is 14.8 Å². The Morgan fingerprint density at radius 3 is 3.05 bits per heavy atom. The first kappa shape index (κ1) is 13.9. The number of methoxy groups -OCH3 is 1. The van der Waals surface area contributed by atoms with Crippen molar-refractivity contribution in [3.8, 4) is 11.5 Å². The van der Waals surface area contributed by atoms with Crippen LogP contribution in [0.15, 0.2) is 36.7 Å². The molecule has 0 radical (unpaired) electrons. The van der Waals surface area contributed by atoms with Crippen molar-refractivity contribution in [2.45, 2.75) is 32.5 Å². The van der Waals surface area contributed by atoms with Gasteiger partial charge < -0.3 is 14.8 Å². The number of aromatic nitrogens is 1. The van der Waals surface area contributed by atoms with Gasteiger partial charge in [0.15, 0.2) is 0 Å². The van der Waals surface area contributed by atoms with Crippen LogP contribution in [-0.4, -0.2) is 18.2 Å². The molecule has 0 unspecified atom stereocenters. The summed E-state index contributed by atoms with van der Waals surface area (Å²) in [5.41, 5.74) is 3.52. The normalized spacial score (nSPS) is 16.4. The highest BCUT2D eigenvalue weighted by molar-refractivity contribution is 5.48. The second-order valence-electron chi connectivity index (χ2n) is 5.37. The number of pyridine rings is 1. The van der Waals surface area contributed by atoms with E-state index in [0.717, 1.165) is 36.6 Å². The number of rotatable bonds is 5. The van der Waals surface area contributed by atoms with Gasteiger partial charge in [0.25, 0.3) is 0 Å². The first-order valence-electron chi connectivity index (χ1n) is 7.22. The van der Waals surface area contributed by atoms with Crippen LogP contribution in [0.25, 0.3) is 0 Å². The minimum absolute atomic E-state index is 0.253. The van der Waals surface area contributed by atoms with Crippen molar-refractivity contribution in [2.75, 3.05) is 7.11 Å². The van der Waals surface area contributed by atoms with E-state index in [1.165, 1.54) is 11.1 Å². The molecule has 1 N–H and O–H groups in total. The molecule has 1 atom stereocenters. The van der Waals surface area contributed by atoms with Crippen molar-refractivity contribution in [3.63, 3.8) is 0 Å². The number of nitrogens with zero attached hydrogens (tertiary/aromatic N) is 1. The first-order chi connectivity index (χ1) is 10.3. The lowest BCUT2D eigenvalue weighted by Gasteiger charge is -2.12. The topological polar surface area (TPSA) is 43.4 Å². The van der Waals surface area contributed by atoms with Crippen LogP contribution in [0.4, 0.5) is 0 Å². The molecule has 0 spiro atoms. The van der Waals surface area contributed by atoms with E-state index in [4.69, 9.17) is 9.47 Å². The van der Waals surface area contributed by atoms with E-state index >= 15 is 0 Å². The van der Waals surface area contributed by atoms with Crippen LogP contribution in [0.3, 0.4) is 0 Å². The average Bonchev–Trinajstić information content (AvgIpc) is 2.86. The van der Waals surface area contributed by atoms with E-state index in [1.54, 1.807) is 13.3 Å². The maximum absolute atomic E-state index is 5.82. The summed E-state index contributed by atoms with van der Waals surface area (Å²) in [6, 6.07) is 8.20. The smallest absolute Gasteiger partial charge is 0.123 e. The summed E-state index contributed by atoms with van der Waals surface area (Å²) in [5.74, 6) is 1.91. The predicted molar refractivity (Wildman–Crippen MR) is 81.6 cm³/mol. The second kappa shape index (κ2) is 6.14. The molecule has 0 amide bonds. The minimum atomic E-state index is 0.253. The fourth-order valence-electron chi connectivity index (χ4n) is 2.65. The quantitative estimate of drug-likeness (QED) is 0.917. The predicted octanol–water partition coefficient (Wildman–Crippen LogP) is 2.70. The molecule has 0 aliphatic carbocycles. The van der Waals surface area contributed by atoms with Gasteiger partial charge in [-0.1, -0.05) is 6.07 Å². The number of benzene rings is 1. The Bertz CT molecular complexity index is 614. The van der Waals surface area contributed by atoms with E-state index in [2.05, 4.69) is 35.4 Å². The van der Waals surface area contributed by atoms with Crippen molar-refractivity contribution < 1.29 is 9.47 Å². The summed E-state index contributed by atoms with van der Waals surface area (Å²) in [6.07, 6.45) is 4.86. The van der Waals surface area contributed by atoms with Gasteiger partial charge in [-0.25, -0.2) is 0 Å². The zero-order valence-corrected chi connectivity index (χ0v) is 12.4. The highest BCUT2D eigenvalue weighted by atomic mass is 16.5. The fourth-order valence-corrected chi connectivity index (χ4v) is 2.65. The summed E-state index contributed by atoms with van der Waals surface area (Å²) in [5, 5.41) is 3.42. The third-order valence-corrected chi connectivity index (χ3v) is 3.67. The minimum Gasteiger partial charge on any atom is -0.496 e. The lowest BCUT2D eigenvalue weighted by molar-refractivity contribution is 0.254. The third kappa shape index (κ3) is 3.16. The van der Waals surface area contributed by atoms with E-state index < -0.39 is 0 Å². The molecule has 0 bridgehead atoms. The molecule has 3 rings (SSSR count). The Morgan fingerprint density at radius 1 is 1.38 bits per heavy atom. The van der Waals surface area contributed by atoms with Gasteiger partial charge in [-0.05, 0) is 30.7 Å². The molecule has 1 aliphatic rings. The van der Waals surface area contributed by atoms with Gasteiger partial charge in [-0.2, -0.15) is 0 Å². The summed E-state index contributed by atoms with van der Waals surface area (Å²) in [6.45, 7) is 3.61. The van der Waals surface area contributed by atoms with E-state index in [9.17, 15) is 0 Å². The molecule has 0 fully saturated rings. The van der Waals surface area contributed by atoms with Gasteiger partial charge >= 0.3 is 0 Å². The largest absolute Gasteiger partial charge is 0.496 e. The van der Waals surface area contributed by atoms with Gasteiger partial charge in [0.2, 0.25) is 0 Å². The molecule has 1 aliphatic heterocycles. The van der Waals surface area contributed by atoms with Crippen LogP contribution >= 0.6 is 0 Å². The van der Waals surface area contributed by atoms with Crippen molar-refractivity contribution in [2.24, 2.45) is 0 Å². The summed E-state index contributed by atoms with van der Waals surface area (Å²) in [4.78, 5) is 4.11. The molecule has 0 saturated heterocycles. The van der Waals surface area contributed by atoms with E-state index in [-0.39, 0.29) is 6.10 Å². The fraction of sp³-hybridized carbons (Fsp3) is 0.353. The monoisotopic (exact) mass is 284 g/mol. The molecule has 4 heteroatoms. The van der Waals surface area contributed by atoms with E-state index in [1.807, 2.05) is 12.3 Å². The summed E-state index contributed by atoms with van der Waals surface area (Å²) in [7, 11) is 1.71. The Balaban J connectivity index is 1.69. The SMILES string of the molecule is COc1cc2c(cc1CNCc1cccnc1)O[C@@H](C)C2. The maximum Gasteiger partial charge on any atom is 0.123 e. The zero-order valence-electron chi connectivity index (χ0n) is 12.4. The third-order valence-electron chi connectivity index (χ3n) is 3.67. The number of ether oxygens (including phenoxy) is 2. The van der Waals surface area contributed by atoms with Crippen molar-refractivity contribution in [3.05, 3.63) is 53.3 Å². The van der Waals surface area contributed by atoms with Crippen LogP contribution in [0, 0.1) is 0 Å². The maximum atomic E-state index is 5.82. The molecule has 2 aromatic rings. The van der Waals surface area contributed by atoms with Crippen LogP contribution in [0.2, 0.25) is 0 Å². The highest BCUT2D eigenvalue weighted by Gasteiger charge is 2.21. The Morgan fingerprint density at radius 2 is 2.29 bits per heavy atom. The molecular formula is C17H20N2O2. The molecule has 1 aromatic heterocycles. The Hall–Kier alpha value is -2.07. The molecule has 1 aromatic carbocycles. The summed E-state index contributed by atoms with van der Waals surface area (Å²) < 4.78 is 11.3. The number of hydrogen-bond acceptors (Lipinski definition) is 4. The number of nitrogens with one attached hydrogen (secondary N) is 1. The number of hydrogen-bond donors (Lipinski definition) is 1. The van der Waals surface area contributed by atoms with Crippen molar-refractivity contribution >= 4 is 0 Å². The van der Waals surface area contributed by atoms with Crippen LogP contribution in [0.5, 0.6) is 11.5 Å². The average molecular weight is 284 g/mol. The van der Waals surface area contributed by atoms with E-state index in [0.29, 0.717) is 0 Å². The molecular weight excluding hydrogens is 264 g/mol. The molecule has 0 saturated carbocycles. The zero-order chi connectivity index (χ0) is 14.7. The van der Waals surface area contributed by atoms with Crippen molar-refractivity contribution in [1.82, 2.24) is 10.3 Å². The van der Waals surface area contributed by atoms with Gasteiger partial charge in [-0.3, -0.25) is 4.98 Å². The lowest BCUT2D eigenvalue weighted by atomic mass is 10.1. The van der Waals surface area contributed by atoms with Gasteiger partial charge in [0.1, 0.15) is 17.6 Å². The van der Waals surface area contributed by atoms with Crippen LogP contribution in [0.1, 0.15) is 23.6 Å². The molecule has 4 nitrogen and oxygen atoms in total. The van der Waals surface area contributed by atoms with Gasteiger partial charge in [0, 0.05) is 43.0 Å². The molecule has 21 heavy (non-hydrogen) atoms.